The molecule has 0 spiro atoms. The molecule has 0 amide bonds. The lowest BCUT2D eigenvalue weighted by Crippen LogP contribution is -2.27. The molecule has 1 aromatic carbocycles. The van der Waals surface area contributed by atoms with Gasteiger partial charge in [-0.3, -0.25) is 0 Å². The Hall–Kier alpha value is -1.09. The molecule has 2 nitrogen and oxygen atoms in total. The average Bonchev–Trinajstić information content (AvgIpc) is 2.68. The van der Waals surface area contributed by atoms with Crippen LogP contribution in [0, 0.1) is 11.7 Å². The van der Waals surface area contributed by atoms with Gasteiger partial charge in [0, 0.05) is 24.8 Å². The largest absolute Gasteiger partial charge is 0.368 e. The first-order valence-corrected chi connectivity index (χ1v) is 7.37. The highest BCUT2D eigenvalue weighted by Crippen LogP contribution is 2.29. The lowest BCUT2D eigenvalue weighted by molar-refractivity contribution is 0.616. The van der Waals surface area contributed by atoms with E-state index in [1.54, 1.807) is 12.1 Å². The summed E-state index contributed by atoms with van der Waals surface area (Å²) in [7, 11) is 0. The molecule has 0 radical (unpaired) electrons. The molecule has 3 heteroatoms. The van der Waals surface area contributed by atoms with E-state index in [0.29, 0.717) is 12.0 Å². The van der Waals surface area contributed by atoms with Crippen molar-refractivity contribution in [1.82, 2.24) is 5.32 Å². The zero-order valence-corrected chi connectivity index (χ0v) is 12.2. The van der Waals surface area contributed by atoms with Gasteiger partial charge >= 0.3 is 0 Å². The summed E-state index contributed by atoms with van der Waals surface area (Å²) in [5.74, 6) is 0.567. The Balaban J connectivity index is 2.12. The maximum Gasteiger partial charge on any atom is 0.125 e. The Bertz CT molecular complexity index is 419. The number of hydrogen-bond donors (Lipinski definition) is 1. The monoisotopic (exact) mass is 264 g/mol. The number of rotatable bonds is 5. The summed E-state index contributed by atoms with van der Waals surface area (Å²) in [6.07, 6.45) is 2.29. The summed E-state index contributed by atoms with van der Waals surface area (Å²) in [5.41, 5.74) is 2.07. The normalized spacial score (nSPS) is 23.1. The minimum Gasteiger partial charge on any atom is -0.368 e. The molecule has 1 aromatic rings. The zero-order valence-electron chi connectivity index (χ0n) is 12.2. The Kier molecular flexibility index (Phi) is 4.81. The van der Waals surface area contributed by atoms with Crippen molar-refractivity contribution in [3.8, 4) is 0 Å². The highest BCUT2D eigenvalue weighted by molar-refractivity contribution is 5.51. The van der Waals surface area contributed by atoms with E-state index < -0.39 is 0 Å². The molecule has 2 rings (SSSR count). The van der Waals surface area contributed by atoms with Gasteiger partial charge in [0.1, 0.15) is 5.82 Å². The summed E-state index contributed by atoms with van der Waals surface area (Å²) in [6, 6.07) is 5.93. The number of benzene rings is 1. The highest BCUT2D eigenvalue weighted by atomic mass is 19.1. The fourth-order valence-electron chi connectivity index (χ4n) is 2.97. The third-order valence-corrected chi connectivity index (χ3v) is 3.81. The summed E-state index contributed by atoms with van der Waals surface area (Å²) >= 11 is 0. The second kappa shape index (κ2) is 6.38. The molecule has 1 heterocycles. The van der Waals surface area contributed by atoms with Crippen LogP contribution in [0.1, 0.15) is 39.2 Å². The van der Waals surface area contributed by atoms with Crippen LogP contribution < -0.4 is 10.2 Å². The third-order valence-electron chi connectivity index (χ3n) is 3.81. The number of nitrogens with zero attached hydrogens (tertiary/aromatic N) is 1. The molecule has 19 heavy (non-hydrogen) atoms. The van der Waals surface area contributed by atoms with Gasteiger partial charge in [-0.25, -0.2) is 4.39 Å². The van der Waals surface area contributed by atoms with Crippen LogP contribution in [-0.2, 0) is 6.54 Å². The van der Waals surface area contributed by atoms with Gasteiger partial charge in [-0.15, -0.1) is 0 Å². The maximum atomic E-state index is 13.8. The van der Waals surface area contributed by atoms with Gasteiger partial charge in [0.2, 0.25) is 0 Å². The molecule has 1 aliphatic heterocycles. The van der Waals surface area contributed by atoms with Gasteiger partial charge in [0.25, 0.3) is 0 Å². The van der Waals surface area contributed by atoms with E-state index in [4.69, 9.17) is 0 Å². The van der Waals surface area contributed by atoms with E-state index in [1.807, 2.05) is 0 Å². The Morgan fingerprint density at radius 1 is 1.32 bits per heavy atom. The van der Waals surface area contributed by atoms with E-state index in [-0.39, 0.29) is 5.82 Å². The first-order valence-electron chi connectivity index (χ1n) is 7.37. The summed E-state index contributed by atoms with van der Waals surface area (Å²) < 4.78 is 13.8. The van der Waals surface area contributed by atoms with Crippen molar-refractivity contribution in [1.29, 1.82) is 0 Å². The fourth-order valence-corrected chi connectivity index (χ4v) is 2.97. The number of anilines is 1. The van der Waals surface area contributed by atoms with Crippen LogP contribution in [0.3, 0.4) is 0 Å². The quantitative estimate of drug-likeness (QED) is 0.818. The Morgan fingerprint density at radius 2 is 2.11 bits per heavy atom. The van der Waals surface area contributed by atoms with Crippen LogP contribution in [0.4, 0.5) is 10.1 Å². The van der Waals surface area contributed by atoms with Crippen molar-refractivity contribution in [2.24, 2.45) is 5.92 Å². The average molecular weight is 264 g/mol. The first-order chi connectivity index (χ1) is 9.10. The van der Waals surface area contributed by atoms with Crippen LogP contribution in [0.2, 0.25) is 0 Å². The number of hydrogen-bond acceptors (Lipinski definition) is 2. The van der Waals surface area contributed by atoms with Gasteiger partial charge in [-0.05, 0) is 56.0 Å². The van der Waals surface area contributed by atoms with Gasteiger partial charge in [0.05, 0.1) is 0 Å². The van der Waals surface area contributed by atoms with E-state index >= 15 is 0 Å². The molecule has 106 valence electrons. The molecule has 1 N–H and O–H groups in total. The van der Waals surface area contributed by atoms with Gasteiger partial charge in [0.15, 0.2) is 0 Å². The van der Waals surface area contributed by atoms with E-state index in [0.717, 1.165) is 37.3 Å². The molecule has 0 aromatic heterocycles. The van der Waals surface area contributed by atoms with Crippen molar-refractivity contribution < 1.29 is 4.39 Å². The molecule has 1 aliphatic rings. The smallest absolute Gasteiger partial charge is 0.125 e. The molecule has 1 saturated heterocycles. The predicted octanol–water partition coefficient (Wildman–Crippen LogP) is 3.56. The first kappa shape index (κ1) is 14.3. The van der Waals surface area contributed by atoms with Crippen molar-refractivity contribution in [2.45, 2.75) is 46.2 Å². The summed E-state index contributed by atoms with van der Waals surface area (Å²) in [5, 5.41) is 3.33. The standard InChI is InChI=1S/C16H25FN2/c1-4-5-18-10-14-7-15(17)9-16(8-14)19-11-12(2)6-13(19)3/h7-9,12-13,18H,4-6,10-11H2,1-3H3. The lowest BCUT2D eigenvalue weighted by Gasteiger charge is -2.24. The summed E-state index contributed by atoms with van der Waals surface area (Å²) in [6.45, 7) is 9.38. The van der Waals surface area contributed by atoms with Crippen molar-refractivity contribution in [2.75, 3.05) is 18.0 Å². The van der Waals surface area contributed by atoms with Crippen molar-refractivity contribution in [3.05, 3.63) is 29.6 Å². The lowest BCUT2D eigenvalue weighted by atomic mass is 10.1. The second-order valence-electron chi connectivity index (χ2n) is 5.84. The Labute approximate surface area is 116 Å². The van der Waals surface area contributed by atoms with E-state index in [9.17, 15) is 4.39 Å². The van der Waals surface area contributed by atoms with Gasteiger partial charge in [-0.1, -0.05) is 13.8 Å². The van der Waals surface area contributed by atoms with E-state index in [1.165, 1.54) is 6.42 Å². The van der Waals surface area contributed by atoms with Crippen LogP contribution >= 0.6 is 0 Å². The molecular formula is C16H25FN2. The minimum atomic E-state index is -0.127. The summed E-state index contributed by atoms with van der Waals surface area (Å²) in [4.78, 5) is 2.33. The minimum absolute atomic E-state index is 0.127. The molecular weight excluding hydrogens is 239 g/mol. The second-order valence-corrected chi connectivity index (χ2v) is 5.84. The molecule has 0 bridgehead atoms. The van der Waals surface area contributed by atoms with Gasteiger partial charge < -0.3 is 10.2 Å². The predicted molar refractivity (Wildman–Crippen MR) is 79.0 cm³/mol. The molecule has 1 fully saturated rings. The molecule has 2 unspecified atom stereocenters. The van der Waals surface area contributed by atoms with Gasteiger partial charge in [-0.2, -0.15) is 0 Å². The topological polar surface area (TPSA) is 15.3 Å². The number of nitrogens with one attached hydrogen (secondary N) is 1. The van der Waals surface area contributed by atoms with Crippen LogP contribution in [0.25, 0.3) is 0 Å². The van der Waals surface area contributed by atoms with Crippen LogP contribution in [0.5, 0.6) is 0 Å². The molecule has 0 saturated carbocycles. The molecule has 0 aliphatic carbocycles. The van der Waals surface area contributed by atoms with Crippen molar-refractivity contribution >= 4 is 5.69 Å². The zero-order chi connectivity index (χ0) is 13.8. The maximum absolute atomic E-state index is 13.8. The Morgan fingerprint density at radius 3 is 2.74 bits per heavy atom. The molecule has 2 atom stereocenters. The van der Waals surface area contributed by atoms with E-state index in [2.05, 4.69) is 37.1 Å². The van der Waals surface area contributed by atoms with Crippen LogP contribution in [0.15, 0.2) is 18.2 Å². The third kappa shape index (κ3) is 3.69. The highest BCUT2D eigenvalue weighted by Gasteiger charge is 2.26. The van der Waals surface area contributed by atoms with Crippen LogP contribution in [-0.4, -0.2) is 19.1 Å². The fraction of sp³-hybridized carbons (Fsp3) is 0.625. The SMILES string of the molecule is CCCNCc1cc(F)cc(N2CC(C)CC2C)c1. The van der Waals surface area contributed by atoms with Crippen molar-refractivity contribution in [3.63, 3.8) is 0 Å². The number of halogens is 1.